The fraction of sp³-hybridized carbons (Fsp3) is 0.800. The molecule has 0 radical (unpaired) electrons. The topological polar surface area (TPSA) is 70.2 Å². The van der Waals surface area contributed by atoms with E-state index in [1.165, 1.54) is 0 Å². The van der Waals surface area contributed by atoms with E-state index in [0.717, 1.165) is 6.42 Å². The van der Waals surface area contributed by atoms with E-state index in [4.69, 9.17) is 0 Å². The third kappa shape index (κ3) is 3.87. The summed E-state index contributed by atoms with van der Waals surface area (Å²) in [5.74, 6) is 0.105. The molecule has 0 aromatic carbocycles. The van der Waals surface area contributed by atoms with E-state index in [0.29, 0.717) is 19.5 Å². The summed E-state index contributed by atoms with van der Waals surface area (Å²) >= 11 is 0. The predicted octanol–water partition coefficient (Wildman–Crippen LogP) is -0.621. The monoisotopic (exact) mass is 213 g/mol. The molecule has 15 heavy (non-hydrogen) atoms. The highest BCUT2D eigenvalue weighted by Gasteiger charge is 2.21. The summed E-state index contributed by atoms with van der Waals surface area (Å²) in [4.78, 5) is 22.3. The van der Waals surface area contributed by atoms with Gasteiger partial charge in [0.1, 0.15) is 0 Å². The number of likely N-dealkylation sites (N-methyl/N-ethyl adjacent to an activating group) is 1. The van der Waals surface area contributed by atoms with Crippen LogP contribution in [0.15, 0.2) is 0 Å². The van der Waals surface area contributed by atoms with E-state index < -0.39 is 0 Å². The van der Waals surface area contributed by atoms with Crippen molar-refractivity contribution in [3.05, 3.63) is 0 Å². The number of nitrogens with one attached hydrogen (secondary N) is 3. The second-order valence-corrected chi connectivity index (χ2v) is 3.82. The summed E-state index contributed by atoms with van der Waals surface area (Å²) in [7, 11) is 0. The van der Waals surface area contributed by atoms with Gasteiger partial charge in [0.25, 0.3) is 0 Å². The number of carbonyl (C=O) groups excluding carboxylic acids is 2. The van der Waals surface area contributed by atoms with Gasteiger partial charge in [-0.3, -0.25) is 9.59 Å². The Balaban J connectivity index is 2.28. The number of amides is 2. The minimum absolute atomic E-state index is 0.00870. The Morgan fingerprint density at radius 3 is 2.93 bits per heavy atom. The molecule has 1 heterocycles. The zero-order valence-corrected chi connectivity index (χ0v) is 9.30. The molecule has 0 bridgehead atoms. The van der Waals surface area contributed by atoms with Crippen LogP contribution in [-0.2, 0) is 9.59 Å². The Bertz CT molecular complexity index is 233. The van der Waals surface area contributed by atoms with E-state index in [9.17, 15) is 9.59 Å². The molecule has 1 aliphatic rings. The van der Waals surface area contributed by atoms with Crippen molar-refractivity contribution in [1.29, 1.82) is 0 Å². The molecule has 0 aliphatic carbocycles. The number of rotatable bonds is 4. The second-order valence-electron chi connectivity index (χ2n) is 3.82. The maximum Gasteiger partial charge on any atom is 0.236 e. The van der Waals surface area contributed by atoms with Gasteiger partial charge in [-0.1, -0.05) is 0 Å². The number of hydrogen-bond acceptors (Lipinski definition) is 3. The van der Waals surface area contributed by atoms with Gasteiger partial charge in [0, 0.05) is 25.6 Å². The second kappa shape index (κ2) is 5.70. The molecule has 1 rings (SSSR count). The summed E-state index contributed by atoms with van der Waals surface area (Å²) in [5.41, 5.74) is 0. The van der Waals surface area contributed by atoms with Crippen molar-refractivity contribution in [2.24, 2.45) is 0 Å². The third-order valence-electron chi connectivity index (χ3n) is 2.50. The summed E-state index contributed by atoms with van der Waals surface area (Å²) in [5, 5.41) is 8.73. The first kappa shape index (κ1) is 12.0. The zero-order valence-electron chi connectivity index (χ0n) is 9.30. The Hall–Kier alpha value is -1.10. The fourth-order valence-corrected chi connectivity index (χ4v) is 1.63. The first-order valence-electron chi connectivity index (χ1n) is 5.44. The Kier molecular flexibility index (Phi) is 4.55. The lowest BCUT2D eigenvalue weighted by atomic mass is 10.1. The summed E-state index contributed by atoms with van der Waals surface area (Å²) < 4.78 is 0. The van der Waals surface area contributed by atoms with Crippen molar-refractivity contribution in [2.45, 2.75) is 38.8 Å². The molecule has 2 atom stereocenters. The van der Waals surface area contributed by atoms with Crippen LogP contribution in [0.4, 0.5) is 0 Å². The molecule has 1 fully saturated rings. The van der Waals surface area contributed by atoms with Gasteiger partial charge < -0.3 is 16.0 Å². The molecule has 1 saturated heterocycles. The Labute approximate surface area is 90.0 Å². The van der Waals surface area contributed by atoms with Crippen LogP contribution in [0.3, 0.4) is 0 Å². The van der Waals surface area contributed by atoms with Gasteiger partial charge in [0.05, 0.1) is 6.04 Å². The maximum atomic E-state index is 11.4. The standard InChI is InChI=1S/C10H19N3O2/c1-3-11-10(15)7(2)13-8-4-5-9(14)12-6-8/h7-8,13H,3-6H2,1-2H3,(H,11,15)(H,12,14). The molecular formula is C10H19N3O2. The predicted molar refractivity (Wildman–Crippen MR) is 57.3 cm³/mol. The van der Waals surface area contributed by atoms with Crippen molar-refractivity contribution in [3.8, 4) is 0 Å². The third-order valence-corrected chi connectivity index (χ3v) is 2.50. The molecule has 0 saturated carbocycles. The molecular weight excluding hydrogens is 194 g/mol. The van der Waals surface area contributed by atoms with E-state index in [-0.39, 0.29) is 23.9 Å². The quantitative estimate of drug-likeness (QED) is 0.583. The first-order chi connectivity index (χ1) is 7.13. The average molecular weight is 213 g/mol. The van der Waals surface area contributed by atoms with Crippen molar-refractivity contribution in [3.63, 3.8) is 0 Å². The van der Waals surface area contributed by atoms with E-state index in [1.807, 2.05) is 13.8 Å². The van der Waals surface area contributed by atoms with Gasteiger partial charge in [-0.25, -0.2) is 0 Å². The van der Waals surface area contributed by atoms with Gasteiger partial charge in [-0.15, -0.1) is 0 Å². The normalized spacial score (nSPS) is 23.1. The van der Waals surface area contributed by atoms with Crippen molar-refractivity contribution >= 4 is 11.8 Å². The van der Waals surface area contributed by atoms with Crippen molar-refractivity contribution in [1.82, 2.24) is 16.0 Å². The summed E-state index contributed by atoms with van der Waals surface area (Å²) in [6.45, 7) is 4.99. The maximum absolute atomic E-state index is 11.4. The molecule has 2 amide bonds. The van der Waals surface area contributed by atoms with Crippen LogP contribution in [0.2, 0.25) is 0 Å². The van der Waals surface area contributed by atoms with Gasteiger partial charge in [-0.05, 0) is 20.3 Å². The lowest BCUT2D eigenvalue weighted by Crippen LogP contribution is -2.52. The molecule has 5 heteroatoms. The van der Waals surface area contributed by atoms with E-state index in [1.54, 1.807) is 0 Å². The highest BCUT2D eigenvalue weighted by Crippen LogP contribution is 2.03. The van der Waals surface area contributed by atoms with Gasteiger partial charge in [0.2, 0.25) is 11.8 Å². The molecule has 0 aromatic rings. The molecule has 0 spiro atoms. The minimum Gasteiger partial charge on any atom is -0.355 e. The number of carbonyl (C=O) groups is 2. The van der Waals surface area contributed by atoms with Crippen LogP contribution in [0, 0.1) is 0 Å². The number of piperidine rings is 1. The van der Waals surface area contributed by atoms with Crippen LogP contribution >= 0.6 is 0 Å². The van der Waals surface area contributed by atoms with Crippen molar-refractivity contribution in [2.75, 3.05) is 13.1 Å². The minimum atomic E-state index is -0.204. The van der Waals surface area contributed by atoms with Crippen LogP contribution in [0.25, 0.3) is 0 Å². The summed E-state index contributed by atoms with van der Waals surface area (Å²) in [6, 6.07) is 0.00487. The van der Waals surface area contributed by atoms with Gasteiger partial charge >= 0.3 is 0 Å². The first-order valence-corrected chi connectivity index (χ1v) is 5.44. The van der Waals surface area contributed by atoms with E-state index >= 15 is 0 Å². The highest BCUT2D eigenvalue weighted by molar-refractivity contribution is 5.81. The molecule has 0 aromatic heterocycles. The van der Waals surface area contributed by atoms with Gasteiger partial charge in [0.15, 0.2) is 0 Å². The van der Waals surface area contributed by atoms with Crippen LogP contribution in [0.1, 0.15) is 26.7 Å². The molecule has 1 aliphatic heterocycles. The highest BCUT2D eigenvalue weighted by atomic mass is 16.2. The SMILES string of the molecule is CCNC(=O)C(C)NC1CCC(=O)NC1. The average Bonchev–Trinajstić information content (AvgIpc) is 2.22. The van der Waals surface area contributed by atoms with Gasteiger partial charge in [-0.2, -0.15) is 0 Å². The molecule has 2 unspecified atom stereocenters. The molecule has 3 N–H and O–H groups in total. The lowest BCUT2D eigenvalue weighted by molar-refractivity contribution is -0.123. The van der Waals surface area contributed by atoms with Crippen molar-refractivity contribution < 1.29 is 9.59 Å². The molecule has 86 valence electrons. The van der Waals surface area contributed by atoms with Crippen LogP contribution in [0.5, 0.6) is 0 Å². The Morgan fingerprint density at radius 1 is 1.67 bits per heavy atom. The lowest BCUT2D eigenvalue weighted by Gasteiger charge is -2.26. The van der Waals surface area contributed by atoms with Crippen LogP contribution in [-0.4, -0.2) is 37.0 Å². The summed E-state index contributed by atoms with van der Waals surface area (Å²) in [6.07, 6.45) is 1.34. The zero-order chi connectivity index (χ0) is 11.3. The Morgan fingerprint density at radius 2 is 2.40 bits per heavy atom. The molecule has 5 nitrogen and oxygen atoms in total. The van der Waals surface area contributed by atoms with E-state index in [2.05, 4.69) is 16.0 Å². The number of hydrogen-bond donors (Lipinski definition) is 3. The van der Waals surface area contributed by atoms with Crippen LogP contribution < -0.4 is 16.0 Å². The fourth-order valence-electron chi connectivity index (χ4n) is 1.63. The largest absolute Gasteiger partial charge is 0.355 e. The smallest absolute Gasteiger partial charge is 0.236 e.